The molecule has 2 heterocycles. The molecule has 1 aromatic heterocycles. The highest BCUT2D eigenvalue weighted by Gasteiger charge is 2.37. The molecule has 1 saturated heterocycles. The number of pyridine rings is 1. The molecule has 0 unspecified atom stereocenters. The van der Waals surface area contributed by atoms with Crippen molar-refractivity contribution in [2.45, 2.75) is 6.18 Å². The number of aromatic nitrogens is 1. The van der Waals surface area contributed by atoms with Gasteiger partial charge in [0.25, 0.3) is 5.91 Å². The van der Waals surface area contributed by atoms with Crippen molar-refractivity contribution in [2.75, 3.05) is 31.1 Å². The minimum Gasteiger partial charge on any atom is -0.352 e. The average Bonchev–Trinajstić information content (AvgIpc) is 2.60. The Labute approximate surface area is 155 Å². The summed E-state index contributed by atoms with van der Waals surface area (Å²) in [4.78, 5) is 20.0. The van der Waals surface area contributed by atoms with Crippen molar-refractivity contribution in [1.29, 1.82) is 0 Å². The van der Waals surface area contributed by atoms with E-state index in [0.29, 0.717) is 37.1 Å². The Morgan fingerprint density at radius 3 is 2.42 bits per heavy atom. The first kappa shape index (κ1) is 18.6. The number of amides is 1. The number of hydrogen-bond donors (Lipinski definition) is 0. The molecule has 2 aromatic rings. The summed E-state index contributed by atoms with van der Waals surface area (Å²) in [6, 6.07) is 5.56. The van der Waals surface area contributed by atoms with E-state index in [2.05, 4.69) is 20.9 Å². The zero-order valence-electron chi connectivity index (χ0n) is 13.4. The smallest absolute Gasteiger partial charge is 0.352 e. The maximum absolute atomic E-state index is 13.4. The molecular formula is C17H14BrF4N3O. The van der Waals surface area contributed by atoms with E-state index >= 15 is 0 Å². The maximum Gasteiger partial charge on any atom is 0.417 e. The molecule has 138 valence electrons. The van der Waals surface area contributed by atoms with Gasteiger partial charge in [-0.2, -0.15) is 13.2 Å². The molecule has 1 aromatic carbocycles. The Balaban J connectivity index is 1.77. The van der Waals surface area contributed by atoms with Gasteiger partial charge >= 0.3 is 6.18 Å². The van der Waals surface area contributed by atoms with Gasteiger partial charge in [0.05, 0.1) is 15.6 Å². The first-order valence-corrected chi connectivity index (χ1v) is 8.58. The van der Waals surface area contributed by atoms with Gasteiger partial charge in [-0.25, -0.2) is 9.37 Å². The van der Waals surface area contributed by atoms with E-state index in [0.717, 1.165) is 4.47 Å². The van der Waals surface area contributed by atoms with E-state index in [9.17, 15) is 22.4 Å². The highest BCUT2D eigenvalue weighted by atomic mass is 79.9. The first-order chi connectivity index (χ1) is 12.3. The van der Waals surface area contributed by atoms with Crippen molar-refractivity contribution in [2.24, 2.45) is 0 Å². The summed E-state index contributed by atoms with van der Waals surface area (Å²) in [5.41, 5.74) is -1.79. The Kier molecular flexibility index (Phi) is 5.17. The van der Waals surface area contributed by atoms with E-state index in [1.807, 2.05) is 11.0 Å². The summed E-state index contributed by atoms with van der Waals surface area (Å²) in [5, 5.41) is 0. The summed E-state index contributed by atoms with van der Waals surface area (Å²) in [5.74, 6) is -0.990. The van der Waals surface area contributed by atoms with Crippen LogP contribution in [-0.4, -0.2) is 42.0 Å². The predicted molar refractivity (Wildman–Crippen MR) is 91.5 cm³/mol. The molecule has 0 saturated carbocycles. The molecule has 9 heteroatoms. The van der Waals surface area contributed by atoms with Gasteiger partial charge in [-0.15, -0.1) is 0 Å². The van der Waals surface area contributed by atoms with Crippen molar-refractivity contribution >= 4 is 27.7 Å². The van der Waals surface area contributed by atoms with Crippen LogP contribution in [0.3, 0.4) is 0 Å². The molecule has 0 aliphatic carbocycles. The van der Waals surface area contributed by atoms with Gasteiger partial charge in [0.15, 0.2) is 0 Å². The topological polar surface area (TPSA) is 36.4 Å². The molecule has 0 bridgehead atoms. The lowest BCUT2D eigenvalue weighted by atomic mass is 10.0. The second-order valence-corrected chi connectivity index (χ2v) is 6.63. The Morgan fingerprint density at radius 1 is 1.12 bits per heavy atom. The van der Waals surface area contributed by atoms with Gasteiger partial charge in [-0.3, -0.25) is 4.79 Å². The summed E-state index contributed by atoms with van der Waals surface area (Å²) in [6.45, 7) is 1.27. The Hall–Kier alpha value is -2.16. The van der Waals surface area contributed by atoms with Crippen LogP contribution in [-0.2, 0) is 6.18 Å². The molecule has 0 atom stereocenters. The minimum absolute atomic E-state index is 0.218. The minimum atomic E-state index is -4.72. The van der Waals surface area contributed by atoms with Crippen LogP contribution < -0.4 is 4.90 Å². The first-order valence-electron chi connectivity index (χ1n) is 7.79. The van der Waals surface area contributed by atoms with Gasteiger partial charge in [0.2, 0.25) is 0 Å². The van der Waals surface area contributed by atoms with E-state index < -0.39 is 29.0 Å². The molecule has 0 N–H and O–H groups in total. The summed E-state index contributed by atoms with van der Waals surface area (Å²) >= 11 is 3.40. The number of carbonyl (C=O) groups is 1. The number of benzene rings is 1. The summed E-state index contributed by atoms with van der Waals surface area (Å²) in [7, 11) is 0. The molecule has 1 aliphatic rings. The fourth-order valence-electron chi connectivity index (χ4n) is 2.84. The third-order valence-electron chi connectivity index (χ3n) is 4.12. The van der Waals surface area contributed by atoms with Crippen molar-refractivity contribution in [1.82, 2.24) is 9.88 Å². The van der Waals surface area contributed by atoms with E-state index in [1.54, 1.807) is 12.3 Å². The number of carbonyl (C=O) groups excluding carboxylic acids is 1. The van der Waals surface area contributed by atoms with Crippen LogP contribution in [0.5, 0.6) is 0 Å². The Morgan fingerprint density at radius 2 is 1.81 bits per heavy atom. The quantitative estimate of drug-likeness (QED) is 0.675. The van der Waals surface area contributed by atoms with Crippen LogP contribution in [0.2, 0.25) is 0 Å². The number of alkyl halides is 3. The molecular weight excluding hydrogens is 418 g/mol. The Bertz CT molecular complexity index is 820. The molecule has 1 aliphatic heterocycles. The number of hydrogen-bond acceptors (Lipinski definition) is 3. The average molecular weight is 432 g/mol. The molecule has 4 nitrogen and oxygen atoms in total. The van der Waals surface area contributed by atoms with E-state index in [-0.39, 0.29) is 13.1 Å². The zero-order chi connectivity index (χ0) is 18.9. The number of anilines is 1. The summed E-state index contributed by atoms with van der Waals surface area (Å²) in [6.07, 6.45) is -3.08. The van der Waals surface area contributed by atoms with Crippen LogP contribution >= 0.6 is 15.9 Å². The van der Waals surface area contributed by atoms with Crippen LogP contribution in [0.25, 0.3) is 0 Å². The predicted octanol–water partition coefficient (Wildman–Crippen LogP) is 3.96. The number of piperazine rings is 1. The lowest BCUT2D eigenvalue weighted by Crippen LogP contribution is -2.49. The van der Waals surface area contributed by atoms with Crippen molar-refractivity contribution in [3.63, 3.8) is 0 Å². The van der Waals surface area contributed by atoms with E-state index in [1.165, 1.54) is 4.90 Å². The number of nitrogens with zero attached hydrogens (tertiary/aromatic N) is 3. The van der Waals surface area contributed by atoms with Crippen LogP contribution in [0.15, 0.2) is 41.0 Å². The highest BCUT2D eigenvalue weighted by molar-refractivity contribution is 9.10. The molecule has 1 fully saturated rings. The largest absolute Gasteiger partial charge is 0.417 e. The lowest BCUT2D eigenvalue weighted by molar-refractivity contribution is -0.138. The third-order valence-corrected chi connectivity index (χ3v) is 4.74. The summed E-state index contributed by atoms with van der Waals surface area (Å²) < 4.78 is 53.6. The third kappa shape index (κ3) is 3.82. The van der Waals surface area contributed by atoms with Crippen molar-refractivity contribution in [3.8, 4) is 0 Å². The fourth-order valence-corrected chi connectivity index (χ4v) is 3.35. The monoisotopic (exact) mass is 431 g/mol. The second-order valence-electron chi connectivity index (χ2n) is 5.78. The normalized spacial score (nSPS) is 15.3. The molecule has 0 spiro atoms. The maximum atomic E-state index is 13.4. The fraction of sp³-hybridized carbons (Fsp3) is 0.294. The molecule has 26 heavy (non-hydrogen) atoms. The van der Waals surface area contributed by atoms with Crippen LogP contribution in [0.1, 0.15) is 15.9 Å². The number of halogens is 5. The standard InChI is InChI=1S/C17H14BrF4N3O/c18-14-2-1-5-23-15(14)24-6-8-25(9-7-24)16(26)12-10-11(19)3-4-13(12)17(20,21)22/h1-5,10H,6-9H2. The number of rotatable bonds is 2. The highest BCUT2D eigenvalue weighted by Crippen LogP contribution is 2.33. The molecule has 1 amide bonds. The molecule has 3 rings (SSSR count). The van der Waals surface area contributed by atoms with Gasteiger partial charge in [-0.1, -0.05) is 0 Å². The van der Waals surface area contributed by atoms with Crippen LogP contribution in [0, 0.1) is 5.82 Å². The second kappa shape index (κ2) is 7.22. The lowest BCUT2D eigenvalue weighted by Gasteiger charge is -2.36. The zero-order valence-corrected chi connectivity index (χ0v) is 15.0. The van der Waals surface area contributed by atoms with Crippen LogP contribution in [0.4, 0.5) is 23.4 Å². The van der Waals surface area contributed by atoms with Crippen molar-refractivity contribution < 1.29 is 22.4 Å². The van der Waals surface area contributed by atoms with Gasteiger partial charge in [0, 0.05) is 32.4 Å². The van der Waals surface area contributed by atoms with E-state index in [4.69, 9.17) is 0 Å². The van der Waals surface area contributed by atoms with Gasteiger partial charge in [0.1, 0.15) is 11.6 Å². The van der Waals surface area contributed by atoms with Gasteiger partial charge in [-0.05, 0) is 46.3 Å². The SMILES string of the molecule is O=C(c1cc(F)ccc1C(F)(F)F)N1CCN(c2ncccc2Br)CC1. The van der Waals surface area contributed by atoms with Gasteiger partial charge < -0.3 is 9.80 Å². The molecule has 0 radical (unpaired) electrons. The van der Waals surface area contributed by atoms with Crippen molar-refractivity contribution in [3.05, 3.63) is 57.9 Å².